The molecule has 1 N–H and O–H groups in total. The average Bonchev–Trinajstić information content (AvgIpc) is 2.68. The second kappa shape index (κ2) is 3.54. The van der Waals surface area contributed by atoms with E-state index in [2.05, 4.69) is 13.8 Å². The molecule has 0 aromatic rings. The van der Waals surface area contributed by atoms with Gasteiger partial charge in [-0.15, -0.1) is 0 Å². The van der Waals surface area contributed by atoms with Crippen molar-refractivity contribution in [3.8, 4) is 0 Å². The molecule has 2 rings (SSSR count). The fraction of sp³-hybridized carbons (Fsp3) is 0.909. The molecule has 1 amide bonds. The van der Waals surface area contributed by atoms with Crippen LogP contribution in [0, 0.1) is 23.7 Å². The number of carbonyl (C=O) groups is 1. The van der Waals surface area contributed by atoms with Gasteiger partial charge in [-0.2, -0.15) is 0 Å². The molecule has 3 heteroatoms. The van der Waals surface area contributed by atoms with E-state index >= 15 is 0 Å². The zero-order valence-electron chi connectivity index (χ0n) is 8.94. The predicted octanol–water partition coefficient (Wildman–Crippen LogP) is 0.729. The Bertz CT molecular complexity index is 241. The Balaban J connectivity index is 2.00. The Morgan fingerprint density at radius 1 is 1.43 bits per heavy atom. The summed E-state index contributed by atoms with van der Waals surface area (Å²) >= 11 is 0. The summed E-state index contributed by atoms with van der Waals surface area (Å²) in [4.78, 5) is 13.1. The second-order valence-electron chi connectivity index (χ2n) is 4.95. The van der Waals surface area contributed by atoms with Gasteiger partial charge in [-0.25, -0.2) is 0 Å². The van der Waals surface area contributed by atoms with Crippen molar-refractivity contribution >= 4 is 5.91 Å². The van der Waals surface area contributed by atoms with Gasteiger partial charge in [0.1, 0.15) is 6.61 Å². The van der Waals surface area contributed by atoms with Crippen molar-refractivity contribution in [3.63, 3.8) is 0 Å². The number of hydrogen-bond acceptors (Lipinski definition) is 2. The quantitative estimate of drug-likeness (QED) is 0.673. The lowest BCUT2D eigenvalue weighted by Gasteiger charge is -2.20. The molecular formula is C11H19NO2. The third-order valence-electron chi connectivity index (χ3n) is 4.23. The lowest BCUT2D eigenvalue weighted by Crippen LogP contribution is -2.32. The van der Waals surface area contributed by atoms with Crippen LogP contribution in [0.3, 0.4) is 0 Å². The maximum atomic E-state index is 11.3. The molecule has 4 unspecified atom stereocenters. The van der Waals surface area contributed by atoms with E-state index in [-0.39, 0.29) is 12.5 Å². The zero-order valence-corrected chi connectivity index (χ0v) is 8.94. The maximum absolute atomic E-state index is 11.3. The molecule has 2 fully saturated rings. The Hall–Kier alpha value is -0.570. The van der Waals surface area contributed by atoms with Crippen molar-refractivity contribution < 1.29 is 9.90 Å². The molecule has 80 valence electrons. The van der Waals surface area contributed by atoms with Crippen molar-refractivity contribution in [2.75, 3.05) is 19.7 Å². The van der Waals surface area contributed by atoms with Gasteiger partial charge in [-0.05, 0) is 30.1 Å². The largest absolute Gasteiger partial charge is 0.387 e. The summed E-state index contributed by atoms with van der Waals surface area (Å²) in [5.41, 5.74) is 0. The van der Waals surface area contributed by atoms with Crippen LogP contribution < -0.4 is 0 Å². The molecule has 1 saturated heterocycles. The summed E-state index contributed by atoms with van der Waals surface area (Å²) in [6.45, 7) is 6.02. The van der Waals surface area contributed by atoms with Crippen molar-refractivity contribution in [3.05, 3.63) is 0 Å². The molecule has 0 bridgehead atoms. The van der Waals surface area contributed by atoms with Crippen LogP contribution in [0.5, 0.6) is 0 Å². The minimum atomic E-state index is -0.330. The maximum Gasteiger partial charge on any atom is 0.248 e. The van der Waals surface area contributed by atoms with Gasteiger partial charge < -0.3 is 10.0 Å². The minimum Gasteiger partial charge on any atom is -0.387 e. The van der Waals surface area contributed by atoms with E-state index in [4.69, 9.17) is 5.11 Å². The molecule has 3 nitrogen and oxygen atoms in total. The minimum absolute atomic E-state index is 0.0979. The van der Waals surface area contributed by atoms with Crippen LogP contribution in [0.15, 0.2) is 0 Å². The van der Waals surface area contributed by atoms with E-state index in [1.807, 2.05) is 4.90 Å². The first kappa shape index (κ1) is 9.97. The smallest absolute Gasteiger partial charge is 0.248 e. The Labute approximate surface area is 85.1 Å². The number of aliphatic hydroxyl groups excluding tert-OH is 1. The lowest BCUT2D eigenvalue weighted by atomic mass is 9.91. The summed E-state index contributed by atoms with van der Waals surface area (Å²) < 4.78 is 0. The number of aliphatic hydroxyl groups is 1. The van der Waals surface area contributed by atoms with Crippen LogP contribution in [-0.4, -0.2) is 35.6 Å². The fourth-order valence-electron chi connectivity index (χ4n) is 3.16. The van der Waals surface area contributed by atoms with Gasteiger partial charge in [-0.3, -0.25) is 4.79 Å². The molecule has 1 aliphatic heterocycles. The van der Waals surface area contributed by atoms with E-state index in [0.29, 0.717) is 11.8 Å². The lowest BCUT2D eigenvalue weighted by molar-refractivity contribution is -0.133. The summed E-state index contributed by atoms with van der Waals surface area (Å²) in [5.74, 6) is 2.81. The molecular weight excluding hydrogens is 178 g/mol. The van der Waals surface area contributed by atoms with Gasteiger partial charge in [0.15, 0.2) is 0 Å². The first-order valence-electron chi connectivity index (χ1n) is 5.52. The summed E-state index contributed by atoms with van der Waals surface area (Å²) in [6.07, 6.45) is 1.25. The van der Waals surface area contributed by atoms with Crippen molar-refractivity contribution in [2.45, 2.75) is 20.3 Å². The van der Waals surface area contributed by atoms with E-state index in [0.717, 1.165) is 24.9 Å². The van der Waals surface area contributed by atoms with E-state index < -0.39 is 0 Å². The Morgan fingerprint density at radius 2 is 2.14 bits per heavy atom. The molecule has 1 saturated carbocycles. The van der Waals surface area contributed by atoms with Gasteiger partial charge in [0.05, 0.1) is 0 Å². The fourth-order valence-corrected chi connectivity index (χ4v) is 3.16. The number of nitrogens with zero attached hydrogens (tertiary/aromatic N) is 1. The third kappa shape index (κ3) is 1.44. The van der Waals surface area contributed by atoms with Crippen LogP contribution in [0.2, 0.25) is 0 Å². The van der Waals surface area contributed by atoms with Gasteiger partial charge in [0.25, 0.3) is 0 Å². The highest BCUT2D eigenvalue weighted by Crippen LogP contribution is 2.45. The highest BCUT2D eigenvalue weighted by Gasteiger charge is 2.44. The van der Waals surface area contributed by atoms with E-state index in [9.17, 15) is 4.79 Å². The van der Waals surface area contributed by atoms with Crippen molar-refractivity contribution in [1.29, 1.82) is 0 Å². The molecule has 14 heavy (non-hydrogen) atoms. The summed E-state index contributed by atoms with van der Waals surface area (Å²) in [6, 6.07) is 0. The SMILES string of the molecule is CC1CC2CN(C(=O)CO)CC2C1C. The van der Waals surface area contributed by atoms with Crippen molar-refractivity contribution in [2.24, 2.45) is 23.7 Å². The van der Waals surface area contributed by atoms with E-state index in [1.54, 1.807) is 0 Å². The standard InChI is InChI=1S/C11H19NO2/c1-7-3-9-4-12(11(14)6-13)5-10(9)8(7)2/h7-10,13H,3-6H2,1-2H3. The highest BCUT2D eigenvalue weighted by molar-refractivity contribution is 5.77. The number of carbonyl (C=O) groups excluding carboxylic acids is 1. The van der Waals surface area contributed by atoms with Crippen LogP contribution in [0.25, 0.3) is 0 Å². The topological polar surface area (TPSA) is 40.5 Å². The van der Waals surface area contributed by atoms with Crippen LogP contribution in [0.1, 0.15) is 20.3 Å². The van der Waals surface area contributed by atoms with Gasteiger partial charge in [-0.1, -0.05) is 13.8 Å². The summed E-state index contributed by atoms with van der Waals surface area (Å²) in [5, 5.41) is 8.79. The van der Waals surface area contributed by atoms with Crippen LogP contribution in [-0.2, 0) is 4.79 Å². The molecule has 0 spiro atoms. The molecule has 4 atom stereocenters. The predicted molar refractivity (Wildman–Crippen MR) is 53.6 cm³/mol. The number of hydrogen-bond donors (Lipinski definition) is 1. The second-order valence-corrected chi connectivity index (χ2v) is 4.95. The molecule has 1 aliphatic carbocycles. The molecule has 2 aliphatic rings. The molecule has 0 aromatic heterocycles. The van der Waals surface area contributed by atoms with Crippen LogP contribution >= 0.6 is 0 Å². The monoisotopic (exact) mass is 197 g/mol. The van der Waals surface area contributed by atoms with E-state index in [1.165, 1.54) is 6.42 Å². The van der Waals surface area contributed by atoms with Crippen LogP contribution in [0.4, 0.5) is 0 Å². The highest BCUT2D eigenvalue weighted by atomic mass is 16.3. The molecule has 0 radical (unpaired) electrons. The number of fused-ring (bicyclic) bond motifs is 1. The van der Waals surface area contributed by atoms with Gasteiger partial charge in [0.2, 0.25) is 5.91 Å². The van der Waals surface area contributed by atoms with Gasteiger partial charge >= 0.3 is 0 Å². The molecule has 0 aromatic carbocycles. The first-order valence-corrected chi connectivity index (χ1v) is 5.52. The molecule has 1 heterocycles. The Morgan fingerprint density at radius 3 is 2.71 bits per heavy atom. The number of rotatable bonds is 1. The number of amides is 1. The number of likely N-dealkylation sites (tertiary alicyclic amines) is 1. The van der Waals surface area contributed by atoms with Gasteiger partial charge in [0, 0.05) is 13.1 Å². The normalized spacial score (nSPS) is 41.5. The average molecular weight is 197 g/mol. The third-order valence-corrected chi connectivity index (χ3v) is 4.23. The Kier molecular flexibility index (Phi) is 2.52. The first-order chi connectivity index (χ1) is 6.63. The van der Waals surface area contributed by atoms with Crippen molar-refractivity contribution in [1.82, 2.24) is 4.90 Å². The summed E-state index contributed by atoms with van der Waals surface area (Å²) in [7, 11) is 0. The zero-order chi connectivity index (χ0) is 10.3.